The molecule has 142 valence electrons. The summed E-state index contributed by atoms with van der Waals surface area (Å²) in [6, 6.07) is 9.82. The second kappa shape index (κ2) is 10.4. The molecular weight excluding hydrogens is 336 g/mol. The van der Waals surface area contributed by atoms with E-state index in [0.29, 0.717) is 6.61 Å². The molecule has 1 fully saturated rings. The first-order valence-electron chi connectivity index (χ1n) is 8.53. The molecule has 1 heterocycles. The lowest BCUT2D eigenvalue weighted by molar-refractivity contribution is -0.183. The highest BCUT2D eigenvalue weighted by molar-refractivity contribution is 5.99. The normalized spacial score (nSPS) is 26.2. The van der Waals surface area contributed by atoms with E-state index in [1.807, 2.05) is 37.3 Å². The van der Waals surface area contributed by atoms with Gasteiger partial charge in [-0.1, -0.05) is 43.2 Å². The Hall–Kier alpha value is -1.75. The Morgan fingerprint density at radius 3 is 2.62 bits per heavy atom. The van der Waals surface area contributed by atoms with Gasteiger partial charge in [-0.2, -0.15) is 0 Å². The molecule has 0 aliphatic carbocycles. The van der Waals surface area contributed by atoms with Gasteiger partial charge in [0.1, 0.15) is 12.9 Å². The maximum absolute atomic E-state index is 12.4. The number of hydrogen-bond acceptors (Lipinski definition) is 6. The third-order valence-corrected chi connectivity index (χ3v) is 4.25. The Bertz CT molecular complexity index is 620. The molecule has 1 aliphatic rings. The molecule has 1 aliphatic heterocycles. The third-order valence-electron chi connectivity index (χ3n) is 4.25. The van der Waals surface area contributed by atoms with Crippen LogP contribution in [0.4, 0.5) is 0 Å². The van der Waals surface area contributed by atoms with Crippen molar-refractivity contribution in [2.75, 3.05) is 21.0 Å². The molecule has 0 radical (unpaired) electrons. The van der Waals surface area contributed by atoms with Crippen molar-refractivity contribution in [1.82, 2.24) is 0 Å². The van der Waals surface area contributed by atoms with Crippen LogP contribution in [-0.2, 0) is 35.1 Å². The average Bonchev–Trinajstić information content (AvgIpc) is 2.97. The van der Waals surface area contributed by atoms with Gasteiger partial charge in [0.15, 0.2) is 12.4 Å². The van der Waals surface area contributed by atoms with Crippen LogP contribution in [0.3, 0.4) is 0 Å². The summed E-state index contributed by atoms with van der Waals surface area (Å²) >= 11 is 0. The van der Waals surface area contributed by atoms with Gasteiger partial charge in [-0.15, -0.1) is 0 Å². The van der Waals surface area contributed by atoms with Gasteiger partial charge in [0, 0.05) is 20.1 Å². The third kappa shape index (κ3) is 5.13. The first-order chi connectivity index (χ1) is 12.6. The molecule has 0 saturated carbocycles. The van der Waals surface area contributed by atoms with Crippen LogP contribution in [0.15, 0.2) is 30.3 Å². The van der Waals surface area contributed by atoms with Gasteiger partial charge in [0.2, 0.25) is 5.78 Å². The fraction of sp³-hybridized carbons (Fsp3) is 0.550. The molecule has 0 unspecified atom stereocenters. The first kappa shape index (κ1) is 20.6. The van der Waals surface area contributed by atoms with Gasteiger partial charge < -0.3 is 23.7 Å². The van der Waals surface area contributed by atoms with E-state index in [4.69, 9.17) is 23.7 Å². The maximum atomic E-state index is 12.4. The van der Waals surface area contributed by atoms with Crippen molar-refractivity contribution in [3.8, 4) is 11.8 Å². The minimum atomic E-state index is -0.911. The van der Waals surface area contributed by atoms with Crippen molar-refractivity contribution in [3.05, 3.63) is 35.9 Å². The largest absolute Gasteiger partial charge is 0.370 e. The Balaban J connectivity index is 2.18. The molecule has 1 aromatic rings. The minimum Gasteiger partial charge on any atom is -0.370 e. The number of carbonyl (C=O) groups is 1. The monoisotopic (exact) mass is 362 g/mol. The second-order valence-corrected chi connectivity index (χ2v) is 6.06. The summed E-state index contributed by atoms with van der Waals surface area (Å²) in [5.41, 5.74) is 1.04. The van der Waals surface area contributed by atoms with Crippen LogP contribution in [0.2, 0.25) is 0 Å². The van der Waals surface area contributed by atoms with Gasteiger partial charge in [-0.3, -0.25) is 4.79 Å². The van der Waals surface area contributed by atoms with E-state index in [1.54, 1.807) is 14.0 Å². The van der Waals surface area contributed by atoms with Crippen molar-refractivity contribution < 1.29 is 28.5 Å². The predicted octanol–water partition coefficient (Wildman–Crippen LogP) is 2.16. The summed E-state index contributed by atoms with van der Waals surface area (Å²) in [4.78, 5) is 12.4. The maximum Gasteiger partial charge on any atom is 0.237 e. The molecule has 6 nitrogen and oxygen atoms in total. The van der Waals surface area contributed by atoms with Crippen LogP contribution in [0.5, 0.6) is 0 Å². The van der Waals surface area contributed by atoms with E-state index in [9.17, 15) is 4.79 Å². The number of carbonyl (C=O) groups excluding carboxylic acids is 1. The summed E-state index contributed by atoms with van der Waals surface area (Å²) in [7, 11) is 3.06. The molecule has 0 amide bonds. The Kier molecular flexibility index (Phi) is 8.23. The number of ketones is 1. The number of methoxy groups -OCH3 is 2. The van der Waals surface area contributed by atoms with Gasteiger partial charge in [-0.05, 0) is 18.4 Å². The van der Waals surface area contributed by atoms with Crippen molar-refractivity contribution in [3.63, 3.8) is 0 Å². The summed E-state index contributed by atoms with van der Waals surface area (Å²) in [6.07, 6.45) is -2.42. The molecule has 0 spiro atoms. The first-order valence-corrected chi connectivity index (χ1v) is 8.53. The molecule has 26 heavy (non-hydrogen) atoms. The lowest BCUT2D eigenvalue weighted by atomic mass is 9.97. The molecule has 0 bridgehead atoms. The van der Waals surface area contributed by atoms with Gasteiger partial charge in [-0.25, -0.2) is 0 Å². The van der Waals surface area contributed by atoms with Gasteiger partial charge >= 0.3 is 0 Å². The summed E-state index contributed by atoms with van der Waals surface area (Å²) in [5, 5.41) is 0. The number of benzene rings is 1. The molecule has 0 aromatic heterocycles. The van der Waals surface area contributed by atoms with E-state index in [0.717, 1.165) is 5.56 Å². The van der Waals surface area contributed by atoms with Crippen LogP contribution in [0.1, 0.15) is 19.4 Å². The highest BCUT2D eigenvalue weighted by Gasteiger charge is 2.49. The van der Waals surface area contributed by atoms with E-state index in [2.05, 4.69) is 11.8 Å². The lowest BCUT2D eigenvalue weighted by Crippen LogP contribution is -2.44. The standard InChI is InChI=1S/C20H26O6/c1-5-9-16(21)18(25-13-22-3)19-17(14(2)20(23-4)26-19)24-12-15-10-7-6-8-11-15/h6-8,10-11,14,17-20H,12-13H2,1-4H3/t14-,17-,18+,19-,20-/m0/s1. The van der Waals surface area contributed by atoms with E-state index >= 15 is 0 Å². The smallest absolute Gasteiger partial charge is 0.237 e. The summed E-state index contributed by atoms with van der Waals surface area (Å²) < 4.78 is 28.0. The number of ether oxygens (including phenoxy) is 5. The highest BCUT2D eigenvalue weighted by atomic mass is 16.7. The van der Waals surface area contributed by atoms with Crippen LogP contribution in [0.25, 0.3) is 0 Å². The Morgan fingerprint density at radius 1 is 1.27 bits per heavy atom. The zero-order chi connectivity index (χ0) is 18.9. The van der Waals surface area contributed by atoms with Gasteiger partial charge in [0.25, 0.3) is 0 Å². The van der Waals surface area contributed by atoms with Gasteiger partial charge in [0.05, 0.1) is 12.7 Å². The van der Waals surface area contributed by atoms with E-state index in [-0.39, 0.29) is 24.6 Å². The zero-order valence-corrected chi connectivity index (χ0v) is 15.6. The number of hydrogen-bond donors (Lipinski definition) is 0. The quantitative estimate of drug-likeness (QED) is 0.381. The highest BCUT2D eigenvalue weighted by Crippen LogP contribution is 2.33. The second-order valence-electron chi connectivity index (χ2n) is 6.06. The van der Waals surface area contributed by atoms with E-state index < -0.39 is 18.5 Å². The topological polar surface area (TPSA) is 63.2 Å². The molecule has 0 N–H and O–H groups in total. The van der Waals surface area contributed by atoms with Crippen molar-refractivity contribution >= 4 is 5.78 Å². The lowest BCUT2D eigenvalue weighted by Gasteiger charge is -2.26. The summed E-state index contributed by atoms with van der Waals surface area (Å²) in [6.45, 7) is 3.92. The molecule has 6 heteroatoms. The molecule has 2 rings (SSSR count). The number of rotatable bonds is 9. The minimum absolute atomic E-state index is 0.0426. The predicted molar refractivity (Wildman–Crippen MR) is 95.1 cm³/mol. The molecule has 1 aromatic carbocycles. The van der Waals surface area contributed by atoms with Crippen LogP contribution >= 0.6 is 0 Å². The molecule has 5 atom stereocenters. The fourth-order valence-electron chi connectivity index (χ4n) is 2.99. The Morgan fingerprint density at radius 2 is 2.00 bits per heavy atom. The number of Topliss-reactive ketones (excluding diaryl/α,β-unsaturated/α-hetero) is 1. The SMILES string of the molecule is CC#CC(=O)[C@@H](OCOC)[C@H]1O[C@H](OC)[C@@H](C)[C@@H]1OCc1ccccc1. The van der Waals surface area contributed by atoms with Crippen LogP contribution < -0.4 is 0 Å². The molecule has 1 saturated heterocycles. The Labute approximate surface area is 154 Å². The zero-order valence-electron chi connectivity index (χ0n) is 15.6. The van der Waals surface area contributed by atoms with Crippen molar-refractivity contribution in [1.29, 1.82) is 0 Å². The molecular formula is C20H26O6. The van der Waals surface area contributed by atoms with E-state index in [1.165, 1.54) is 7.11 Å². The van der Waals surface area contributed by atoms with Crippen molar-refractivity contribution in [2.45, 2.75) is 45.1 Å². The summed E-state index contributed by atoms with van der Waals surface area (Å²) in [5.74, 6) is 4.69. The van der Waals surface area contributed by atoms with Crippen LogP contribution in [0, 0.1) is 17.8 Å². The van der Waals surface area contributed by atoms with Crippen LogP contribution in [-0.4, -0.2) is 51.4 Å². The fourth-order valence-corrected chi connectivity index (χ4v) is 2.99. The van der Waals surface area contributed by atoms with Crippen molar-refractivity contribution in [2.24, 2.45) is 5.92 Å². The average molecular weight is 362 g/mol.